The molecule has 5 nitrogen and oxygen atoms in total. The van der Waals surface area contributed by atoms with Gasteiger partial charge in [-0.3, -0.25) is 4.79 Å². The lowest BCUT2D eigenvalue weighted by atomic mass is 9.97. The number of carbonyl (C=O) groups excluding carboxylic acids is 1. The predicted molar refractivity (Wildman–Crippen MR) is 82.5 cm³/mol. The van der Waals surface area contributed by atoms with E-state index in [9.17, 15) is 4.79 Å². The largest absolute Gasteiger partial charge is 0.355 e. The van der Waals surface area contributed by atoms with Gasteiger partial charge < -0.3 is 15.2 Å². The molecule has 2 N–H and O–H groups in total. The Labute approximate surface area is 131 Å². The molecular formula is C14H16ClN3O2S. The number of likely N-dealkylation sites (tertiary alicyclic amines) is 1. The van der Waals surface area contributed by atoms with Crippen molar-refractivity contribution in [1.82, 2.24) is 10.1 Å². The van der Waals surface area contributed by atoms with Gasteiger partial charge in [0.05, 0.1) is 9.21 Å². The molecule has 0 unspecified atom stereocenters. The molecule has 0 bridgehead atoms. The summed E-state index contributed by atoms with van der Waals surface area (Å²) >= 11 is 7.30. The number of carbonyl (C=O) groups is 1. The number of piperidine rings is 1. The maximum absolute atomic E-state index is 12.4. The number of nitrogens with zero attached hydrogens (tertiary/aromatic N) is 2. The third kappa shape index (κ3) is 3.12. The number of nitrogens with two attached hydrogens (primary N) is 1. The van der Waals surface area contributed by atoms with Crippen LogP contribution in [0.1, 0.15) is 23.3 Å². The molecule has 3 heterocycles. The number of halogens is 1. The van der Waals surface area contributed by atoms with E-state index >= 15 is 0 Å². The van der Waals surface area contributed by atoms with Gasteiger partial charge in [0.15, 0.2) is 11.5 Å². The van der Waals surface area contributed by atoms with Crippen LogP contribution in [0.3, 0.4) is 0 Å². The Balaban J connectivity index is 1.70. The number of rotatable bonds is 3. The summed E-state index contributed by atoms with van der Waals surface area (Å²) in [4.78, 5) is 15.1. The first-order valence-electron chi connectivity index (χ1n) is 6.89. The van der Waals surface area contributed by atoms with Crippen LogP contribution in [0.15, 0.2) is 22.7 Å². The van der Waals surface area contributed by atoms with Gasteiger partial charge in [-0.15, -0.1) is 11.3 Å². The fourth-order valence-electron chi connectivity index (χ4n) is 2.47. The van der Waals surface area contributed by atoms with Gasteiger partial charge in [0.1, 0.15) is 0 Å². The molecule has 3 rings (SSSR count). The highest BCUT2D eigenvalue weighted by molar-refractivity contribution is 7.19. The topological polar surface area (TPSA) is 72.4 Å². The number of hydrogen-bond acceptors (Lipinski definition) is 5. The molecular weight excluding hydrogens is 310 g/mol. The lowest BCUT2D eigenvalue weighted by Crippen LogP contribution is -2.40. The van der Waals surface area contributed by atoms with Crippen molar-refractivity contribution in [2.75, 3.05) is 19.6 Å². The third-order valence-electron chi connectivity index (χ3n) is 3.78. The molecule has 1 aliphatic heterocycles. The van der Waals surface area contributed by atoms with Gasteiger partial charge in [-0.05, 0) is 37.4 Å². The van der Waals surface area contributed by atoms with E-state index in [1.165, 1.54) is 11.3 Å². The predicted octanol–water partition coefficient (Wildman–Crippen LogP) is 2.87. The highest BCUT2D eigenvalue weighted by Gasteiger charge is 2.25. The first kappa shape index (κ1) is 14.6. The summed E-state index contributed by atoms with van der Waals surface area (Å²) in [7, 11) is 0. The molecule has 2 aromatic heterocycles. The van der Waals surface area contributed by atoms with Crippen LogP contribution in [0, 0.1) is 5.92 Å². The minimum Gasteiger partial charge on any atom is -0.355 e. The van der Waals surface area contributed by atoms with E-state index in [1.54, 1.807) is 12.1 Å². The second-order valence-electron chi connectivity index (χ2n) is 5.15. The zero-order valence-corrected chi connectivity index (χ0v) is 13.0. The molecule has 1 aliphatic rings. The molecule has 7 heteroatoms. The highest BCUT2D eigenvalue weighted by Crippen LogP contribution is 2.31. The van der Waals surface area contributed by atoms with E-state index in [1.807, 2.05) is 11.0 Å². The second-order valence-corrected chi connectivity index (χ2v) is 6.87. The maximum atomic E-state index is 12.4. The van der Waals surface area contributed by atoms with Crippen LogP contribution in [-0.2, 0) is 0 Å². The van der Waals surface area contributed by atoms with E-state index in [0.717, 1.165) is 30.8 Å². The van der Waals surface area contributed by atoms with Crippen LogP contribution >= 0.6 is 22.9 Å². The fraction of sp³-hybridized carbons (Fsp3) is 0.429. The van der Waals surface area contributed by atoms with Crippen LogP contribution in [0.2, 0.25) is 4.34 Å². The minimum absolute atomic E-state index is 0.0804. The molecule has 0 aromatic carbocycles. The Morgan fingerprint density at radius 3 is 2.86 bits per heavy atom. The summed E-state index contributed by atoms with van der Waals surface area (Å²) < 4.78 is 5.93. The molecule has 0 spiro atoms. The summed E-state index contributed by atoms with van der Waals surface area (Å²) in [5.74, 6) is 1.02. The van der Waals surface area contributed by atoms with Crippen molar-refractivity contribution in [2.45, 2.75) is 12.8 Å². The van der Waals surface area contributed by atoms with E-state index in [0.29, 0.717) is 28.3 Å². The van der Waals surface area contributed by atoms with Crippen LogP contribution in [-0.4, -0.2) is 35.6 Å². The monoisotopic (exact) mass is 325 g/mol. The lowest BCUT2D eigenvalue weighted by Gasteiger charge is -2.30. The number of amides is 1. The number of thiophene rings is 1. The van der Waals surface area contributed by atoms with Crippen molar-refractivity contribution in [3.63, 3.8) is 0 Å². The number of aromatic nitrogens is 1. The molecule has 21 heavy (non-hydrogen) atoms. The Hall–Kier alpha value is -1.37. The highest BCUT2D eigenvalue weighted by atomic mass is 35.5. The average Bonchev–Trinajstić information content (AvgIpc) is 3.15. The van der Waals surface area contributed by atoms with Gasteiger partial charge in [0, 0.05) is 19.2 Å². The first-order chi connectivity index (χ1) is 10.2. The van der Waals surface area contributed by atoms with E-state index in [2.05, 4.69) is 5.16 Å². The molecule has 0 radical (unpaired) electrons. The molecule has 1 fully saturated rings. The van der Waals surface area contributed by atoms with Gasteiger partial charge >= 0.3 is 0 Å². The van der Waals surface area contributed by atoms with Gasteiger partial charge in [-0.25, -0.2) is 0 Å². The fourth-order valence-corrected chi connectivity index (χ4v) is 3.46. The van der Waals surface area contributed by atoms with Gasteiger partial charge in [-0.1, -0.05) is 16.8 Å². The maximum Gasteiger partial charge on any atom is 0.276 e. The summed E-state index contributed by atoms with van der Waals surface area (Å²) in [6.07, 6.45) is 1.90. The Kier molecular flexibility index (Phi) is 4.28. The first-order valence-corrected chi connectivity index (χ1v) is 8.08. The Bertz CT molecular complexity index is 632. The molecule has 1 amide bonds. The normalized spacial score (nSPS) is 16.4. The molecule has 0 aliphatic carbocycles. The van der Waals surface area contributed by atoms with E-state index < -0.39 is 0 Å². The molecule has 112 valence electrons. The standard InChI is InChI=1S/C14H16ClN3O2S/c15-13-2-1-12(21-13)11-7-10(17-20-11)14(19)18-5-3-9(8-16)4-6-18/h1-2,7,9H,3-6,8,16H2. The Morgan fingerprint density at radius 1 is 1.48 bits per heavy atom. The summed E-state index contributed by atoms with van der Waals surface area (Å²) in [6, 6.07) is 5.33. The quantitative estimate of drug-likeness (QED) is 0.941. The van der Waals surface area contributed by atoms with Gasteiger partial charge in [0.2, 0.25) is 0 Å². The van der Waals surface area contributed by atoms with Crippen molar-refractivity contribution in [1.29, 1.82) is 0 Å². The van der Waals surface area contributed by atoms with Crippen molar-refractivity contribution >= 4 is 28.8 Å². The summed E-state index contributed by atoms with van der Waals surface area (Å²) in [5.41, 5.74) is 6.01. The summed E-state index contributed by atoms with van der Waals surface area (Å²) in [5, 5.41) is 3.89. The Morgan fingerprint density at radius 2 is 2.24 bits per heavy atom. The van der Waals surface area contributed by atoms with Crippen molar-refractivity contribution in [2.24, 2.45) is 11.7 Å². The average molecular weight is 326 g/mol. The van der Waals surface area contributed by atoms with Crippen LogP contribution in [0.4, 0.5) is 0 Å². The molecule has 1 saturated heterocycles. The molecule has 0 saturated carbocycles. The van der Waals surface area contributed by atoms with Crippen LogP contribution < -0.4 is 5.73 Å². The zero-order valence-electron chi connectivity index (χ0n) is 11.4. The van der Waals surface area contributed by atoms with E-state index in [-0.39, 0.29) is 5.91 Å². The van der Waals surface area contributed by atoms with Crippen molar-refractivity contribution < 1.29 is 9.32 Å². The summed E-state index contributed by atoms with van der Waals surface area (Å²) in [6.45, 7) is 2.15. The SMILES string of the molecule is NCC1CCN(C(=O)c2cc(-c3ccc(Cl)s3)on2)CC1. The zero-order chi connectivity index (χ0) is 14.8. The van der Waals surface area contributed by atoms with Crippen molar-refractivity contribution in [3.05, 3.63) is 28.2 Å². The van der Waals surface area contributed by atoms with Crippen molar-refractivity contribution in [3.8, 4) is 10.6 Å². The van der Waals surface area contributed by atoms with Crippen LogP contribution in [0.5, 0.6) is 0 Å². The minimum atomic E-state index is -0.0804. The number of hydrogen-bond donors (Lipinski definition) is 1. The second kappa shape index (κ2) is 6.17. The van der Waals surface area contributed by atoms with E-state index in [4.69, 9.17) is 21.9 Å². The van der Waals surface area contributed by atoms with Gasteiger partial charge in [0.25, 0.3) is 5.91 Å². The van der Waals surface area contributed by atoms with Crippen LogP contribution in [0.25, 0.3) is 10.6 Å². The third-order valence-corrected chi connectivity index (χ3v) is 5.03. The smallest absolute Gasteiger partial charge is 0.276 e. The molecule has 2 aromatic rings. The molecule has 0 atom stereocenters. The lowest BCUT2D eigenvalue weighted by molar-refractivity contribution is 0.0683. The van der Waals surface area contributed by atoms with Gasteiger partial charge in [-0.2, -0.15) is 0 Å².